The van der Waals surface area contributed by atoms with E-state index in [4.69, 9.17) is 5.73 Å². The van der Waals surface area contributed by atoms with Crippen molar-refractivity contribution in [1.82, 2.24) is 4.98 Å². The van der Waals surface area contributed by atoms with Gasteiger partial charge in [-0.15, -0.1) is 13.2 Å². The summed E-state index contributed by atoms with van der Waals surface area (Å²) < 4.78 is 41.0. The molecule has 0 fully saturated rings. The highest BCUT2D eigenvalue weighted by Gasteiger charge is 2.32. The van der Waals surface area contributed by atoms with Gasteiger partial charge in [-0.3, -0.25) is 0 Å². The van der Waals surface area contributed by atoms with E-state index in [1.165, 1.54) is 6.07 Å². The fraction of sp³-hybridized carbons (Fsp3) is 0.286. The Balaban J connectivity index is 3.11. The number of aromatic nitrogens is 1. The van der Waals surface area contributed by atoms with Crippen LogP contribution in [-0.4, -0.2) is 11.3 Å². The van der Waals surface area contributed by atoms with Crippen molar-refractivity contribution in [2.75, 3.05) is 0 Å². The van der Waals surface area contributed by atoms with Crippen LogP contribution in [0.5, 0.6) is 5.75 Å². The molecule has 0 radical (unpaired) electrons. The molecule has 8 heteroatoms. The van der Waals surface area contributed by atoms with Gasteiger partial charge >= 0.3 is 6.36 Å². The Hall–Kier alpha value is 0.160. The van der Waals surface area contributed by atoms with E-state index in [1.807, 2.05) is 45.2 Å². The number of hydrogen-bond acceptors (Lipinski definition) is 3. The van der Waals surface area contributed by atoms with Gasteiger partial charge in [-0.25, -0.2) is 4.98 Å². The Morgan fingerprint density at radius 2 is 2.00 bits per heavy atom. The van der Waals surface area contributed by atoms with Gasteiger partial charge in [0.15, 0.2) is 5.75 Å². The van der Waals surface area contributed by atoms with Crippen LogP contribution in [-0.2, 0) is 6.54 Å². The third kappa shape index (κ3) is 3.90. The van der Waals surface area contributed by atoms with Gasteiger partial charge < -0.3 is 10.5 Å². The maximum atomic E-state index is 12.0. The van der Waals surface area contributed by atoms with Crippen molar-refractivity contribution >= 4 is 45.2 Å². The quantitative estimate of drug-likeness (QED) is 0.564. The van der Waals surface area contributed by atoms with Gasteiger partial charge in [0.2, 0.25) is 0 Å². The maximum absolute atomic E-state index is 12.0. The molecule has 2 N–H and O–H groups in total. The van der Waals surface area contributed by atoms with Gasteiger partial charge in [0.1, 0.15) is 3.70 Å². The summed E-state index contributed by atoms with van der Waals surface area (Å²) in [5.41, 5.74) is 5.37. The van der Waals surface area contributed by atoms with Crippen LogP contribution in [0.1, 0.15) is 5.69 Å². The molecule has 1 aromatic heterocycles. The normalized spacial score (nSPS) is 11.6. The van der Waals surface area contributed by atoms with Crippen LogP contribution >= 0.6 is 45.2 Å². The minimum atomic E-state index is -4.72. The minimum Gasteiger partial charge on any atom is -0.404 e. The van der Waals surface area contributed by atoms with E-state index < -0.39 is 6.36 Å². The summed E-state index contributed by atoms with van der Waals surface area (Å²) in [6, 6.07) is 1.27. The van der Waals surface area contributed by atoms with E-state index in [-0.39, 0.29) is 18.0 Å². The second-order valence-electron chi connectivity index (χ2n) is 2.46. The predicted octanol–water partition coefficient (Wildman–Crippen LogP) is 2.65. The Bertz CT molecular complexity index is 370. The molecule has 0 saturated carbocycles. The van der Waals surface area contributed by atoms with Crippen LogP contribution in [0.4, 0.5) is 13.2 Å². The molecule has 1 rings (SSSR count). The SMILES string of the molecule is NCc1nc(I)c(I)cc1OC(F)(F)F. The van der Waals surface area contributed by atoms with E-state index >= 15 is 0 Å². The third-order valence-electron chi connectivity index (χ3n) is 1.39. The minimum absolute atomic E-state index is 0.0946. The van der Waals surface area contributed by atoms with E-state index in [1.54, 1.807) is 0 Å². The van der Waals surface area contributed by atoms with Gasteiger partial charge in [0.25, 0.3) is 0 Å². The van der Waals surface area contributed by atoms with Gasteiger partial charge in [-0.05, 0) is 51.2 Å². The number of ether oxygens (including phenoxy) is 1. The maximum Gasteiger partial charge on any atom is 0.573 e. The number of rotatable bonds is 2. The molecular weight excluding hydrogens is 439 g/mol. The monoisotopic (exact) mass is 444 g/mol. The van der Waals surface area contributed by atoms with Crippen molar-refractivity contribution in [3.8, 4) is 5.75 Å². The zero-order valence-corrected chi connectivity index (χ0v) is 11.4. The summed E-state index contributed by atoms with van der Waals surface area (Å²) in [6.45, 7) is -0.0989. The summed E-state index contributed by atoms with van der Waals surface area (Å²) in [5.74, 6) is -0.338. The summed E-state index contributed by atoms with van der Waals surface area (Å²) in [5, 5.41) is 0. The number of alkyl halides is 3. The van der Waals surface area contributed by atoms with Crippen LogP contribution in [0.15, 0.2) is 6.07 Å². The van der Waals surface area contributed by atoms with Crippen molar-refractivity contribution in [2.24, 2.45) is 5.73 Å². The summed E-state index contributed by atoms with van der Waals surface area (Å²) in [6.07, 6.45) is -4.72. The lowest BCUT2D eigenvalue weighted by atomic mass is 10.3. The fourth-order valence-electron chi connectivity index (χ4n) is 0.844. The van der Waals surface area contributed by atoms with Crippen molar-refractivity contribution in [3.63, 3.8) is 0 Å². The van der Waals surface area contributed by atoms with E-state index in [0.29, 0.717) is 7.27 Å². The highest BCUT2D eigenvalue weighted by atomic mass is 127. The van der Waals surface area contributed by atoms with Gasteiger partial charge in [0, 0.05) is 10.1 Å². The zero-order valence-electron chi connectivity index (χ0n) is 7.11. The molecule has 0 saturated heterocycles. The highest BCUT2D eigenvalue weighted by Crippen LogP contribution is 2.28. The molecule has 0 aromatic carbocycles. The van der Waals surface area contributed by atoms with Crippen LogP contribution in [0, 0.1) is 7.27 Å². The Labute approximate surface area is 111 Å². The van der Waals surface area contributed by atoms with Gasteiger partial charge in [-0.1, -0.05) is 0 Å². The van der Waals surface area contributed by atoms with Crippen LogP contribution in [0.2, 0.25) is 0 Å². The first-order chi connectivity index (χ1) is 6.83. The Morgan fingerprint density at radius 1 is 1.40 bits per heavy atom. The first kappa shape index (κ1) is 13.2. The topological polar surface area (TPSA) is 48.1 Å². The van der Waals surface area contributed by atoms with Gasteiger partial charge in [0.05, 0.1) is 5.69 Å². The van der Waals surface area contributed by atoms with E-state index in [2.05, 4.69) is 9.72 Å². The summed E-state index contributed by atoms with van der Waals surface area (Å²) >= 11 is 3.79. The predicted molar refractivity (Wildman–Crippen MR) is 64.2 cm³/mol. The third-order valence-corrected chi connectivity index (χ3v) is 4.07. The number of halogens is 5. The van der Waals surface area contributed by atoms with E-state index in [9.17, 15) is 13.2 Å². The lowest BCUT2D eigenvalue weighted by molar-refractivity contribution is -0.275. The molecule has 0 aliphatic heterocycles. The molecule has 15 heavy (non-hydrogen) atoms. The molecular formula is C7H5F3I2N2O. The molecule has 1 aromatic rings. The Kier molecular flexibility index (Phi) is 4.40. The molecule has 0 amide bonds. The molecule has 0 atom stereocenters. The average Bonchev–Trinajstić information content (AvgIpc) is 2.08. The van der Waals surface area contributed by atoms with Crippen LogP contribution in [0.25, 0.3) is 0 Å². The van der Waals surface area contributed by atoms with Crippen molar-refractivity contribution < 1.29 is 17.9 Å². The smallest absolute Gasteiger partial charge is 0.404 e. The molecule has 3 nitrogen and oxygen atoms in total. The first-order valence-corrected chi connectivity index (χ1v) is 5.80. The average molecular weight is 444 g/mol. The highest BCUT2D eigenvalue weighted by molar-refractivity contribution is 14.1. The Morgan fingerprint density at radius 3 is 2.47 bits per heavy atom. The lowest BCUT2D eigenvalue weighted by Gasteiger charge is -2.12. The summed E-state index contributed by atoms with van der Waals surface area (Å²) in [4.78, 5) is 3.90. The second kappa shape index (κ2) is 4.99. The number of pyridine rings is 1. The van der Waals surface area contributed by atoms with Crippen molar-refractivity contribution in [3.05, 3.63) is 19.0 Å². The molecule has 0 aliphatic carbocycles. The van der Waals surface area contributed by atoms with Crippen LogP contribution in [0.3, 0.4) is 0 Å². The van der Waals surface area contributed by atoms with Crippen molar-refractivity contribution in [1.29, 1.82) is 0 Å². The molecule has 0 unspecified atom stereocenters. The number of nitrogens with two attached hydrogens (primary N) is 1. The van der Waals surface area contributed by atoms with Gasteiger partial charge in [-0.2, -0.15) is 0 Å². The molecule has 1 heterocycles. The molecule has 0 aliphatic rings. The molecule has 84 valence electrons. The molecule has 0 bridgehead atoms. The lowest BCUT2D eigenvalue weighted by Crippen LogP contribution is -2.19. The number of hydrogen-bond donors (Lipinski definition) is 1. The largest absolute Gasteiger partial charge is 0.573 e. The summed E-state index contributed by atoms with van der Waals surface area (Å²) in [7, 11) is 0. The first-order valence-electron chi connectivity index (χ1n) is 3.64. The van der Waals surface area contributed by atoms with E-state index in [0.717, 1.165) is 0 Å². The van der Waals surface area contributed by atoms with Crippen LogP contribution < -0.4 is 10.5 Å². The molecule has 0 spiro atoms. The second-order valence-corrected chi connectivity index (χ2v) is 4.64. The van der Waals surface area contributed by atoms with Crippen molar-refractivity contribution in [2.45, 2.75) is 12.9 Å². The fourth-order valence-corrected chi connectivity index (χ4v) is 1.69. The standard InChI is InChI=1S/C7H5F3I2N2O/c8-7(9,10)15-5-1-3(11)6(12)14-4(5)2-13/h1H,2,13H2. The zero-order chi connectivity index (χ0) is 11.6. The number of nitrogens with zero attached hydrogens (tertiary/aromatic N) is 1.